The van der Waals surface area contributed by atoms with E-state index in [1.807, 2.05) is 0 Å². The minimum atomic E-state index is -4.42. The zero-order chi connectivity index (χ0) is 20.5. The molecule has 1 N–H and O–H groups in total. The van der Waals surface area contributed by atoms with Crippen LogP contribution in [-0.2, 0) is 17.5 Å². The lowest BCUT2D eigenvalue weighted by Crippen LogP contribution is -2.41. The van der Waals surface area contributed by atoms with Gasteiger partial charge in [0.05, 0.1) is 11.3 Å². The molecule has 28 heavy (non-hydrogen) atoms. The first-order valence-electron chi connectivity index (χ1n) is 9.31. The van der Waals surface area contributed by atoms with E-state index < -0.39 is 11.7 Å². The van der Waals surface area contributed by atoms with E-state index in [-0.39, 0.29) is 23.9 Å². The summed E-state index contributed by atoms with van der Waals surface area (Å²) in [6, 6.07) is 5.29. The number of nitrogens with zero attached hydrogens (tertiary/aromatic N) is 2. The van der Waals surface area contributed by atoms with Crippen molar-refractivity contribution < 1.29 is 22.4 Å². The number of alkyl halides is 3. The van der Waals surface area contributed by atoms with Gasteiger partial charge < -0.3 is 9.73 Å². The number of carbonyl (C=O) groups is 1. The van der Waals surface area contributed by atoms with E-state index in [0.29, 0.717) is 36.5 Å². The highest BCUT2D eigenvalue weighted by Crippen LogP contribution is 2.32. The van der Waals surface area contributed by atoms with Crippen LogP contribution in [0.5, 0.6) is 0 Å². The predicted molar refractivity (Wildman–Crippen MR) is 98.4 cm³/mol. The maximum absolute atomic E-state index is 13.0. The van der Waals surface area contributed by atoms with Crippen LogP contribution in [0.3, 0.4) is 0 Å². The SMILES string of the molecule is Cc1oc(-c2cccc(C(F)(F)F)c2)nc1CN(C[C@@H]1CCC(=O)N1)C(C)C. The molecule has 1 fully saturated rings. The first-order chi connectivity index (χ1) is 13.1. The van der Waals surface area contributed by atoms with E-state index >= 15 is 0 Å². The lowest BCUT2D eigenvalue weighted by atomic mass is 10.1. The molecule has 8 heteroatoms. The van der Waals surface area contributed by atoms with Crippen molar-refractivity contribution in [1.29, 1.82) is 0 Å². The molecule has 0 spiro atoms. The van der Waals surface area contributed by atoms with Gasteiger partial charge in [0, 0.05) is 37.2 Å². The molecule has 5 nitrogen and oxygen atoms in total. The second kappa shape index (κ2) is 7.95. The van der Waals surface area contributed by atoms with Gasteiger partial charge in [-0.3, -0.25) is 9.69 Å². The van der Waals surface area contributed by atoms with Gasteiger partial charge in [0.15, 0.2) is 0 Å². The van der Waals surface area contributed by atoms with Crippen LogP contribution in [0.15, 0.2) is 28.7 Å². The average Bonchev–Trinajstić information content (AvgIpc) is 3.19. The minimum absolute atomic E-state index is 0.0677. The number of aromatic nitrogens is 1. The predicted octanol–water partition coefficient (Wildman–Crippen LogP) is 4.16. The van der Waals surface area contributed by atoms with Gasteiger partial charge in [0.1, 0.15) is 5.76 Å². The molecule has 2 heterocycles. The van der Waals surface area contributed by atoms with E-state index in [1.54, 1.807) is 13.0 Å². The van der Waals surface area contributed by atoms with E-state index in [0.717, 1.165) is 18.6 Å². The molecule has 3 rings (SSSR count). The molecular weight excluding hydrogens is 371 g/mol. The second-order valence-corrected chi connectivity index (χ2v) is 7.43. The molecule has 1 aromatic carbocycles. The van der Waals surface area contributed by atoms with Gasteiger partial charge in [-0.05, 0) is 45.4 Å². The lowest BCUT2D eigenvalue weighted by Gasteiger charge is -2.28. The third-order valence-corrected chi connectivity index (χ3v) is 4.95. The zero-order valence-electron chi connectivity index (χ0n) is 16.1. The molecule has 0 unspecified atom stereocenters. The van der Waals surface area contributed by atoms with Crippen LogP contribution >= 0.6 is 0 Å². The molecule has 152 valence electrons. The number of oxazole rings is 1. The topological polar surface area (TPSA) is 58.4 Å². The van der Waals surface area contributed by atoms with Crippen molar-refractivity contribution in [1.82, 2.24) is 15.2 Å². The number of hydrogen-bond donors (Lipinski definition) is 1. The van der Waals surface area contributed by atoms with Crippen LogP contribution in [0.4, 0.5) is 13.2 Å². The summed E-state index contributed by atoms with van der Waals surface area (Å²) >= 11 is 0. The third kappa shape index (κ3) is 4.73. The molecule has 0 aliphatic carbocycles. The number of halogens is 3. The van der Waals surface area contributed by atoms with Crippen molar-refractivity contribution in [2.24, 2.45) is 0 Å². The van der Waals surface area contributed by atoms with Crippen molar-refractivity contribution in [2.75, 3.05) is 6.54 Å². The summed E-state index contributed by atoms with van der Waals surface area (Å²) in [5, 5.41) is 2.96. The first kappa shape index (κ1) is 20.4. The molecule has 0 bridgehead atoms. The maximum atomic E-state index is 13.0. The Balaban J connectivity index is 1.78. The third-order valence-electron chi connectivity index (χ3n) is 4.95. The van der Waals surface area contributed by atoms with Crippen LogP contribution in [0.2, 0.25) is 0 Å². The van der Waals surface area contributed by atoms with Gasteiger partial charge >= 0.3 is 6.18 Å². The van der Waals surface area contributed by atoms with Gasteiger partial charge in [-0.2, -0.15) is 13.2 Å². The van der Waals surface area contributed by atoms with Gasteiger partial charge in [0.25, 0.3) is 0 Å². The Morgan fingerprint density at radius 3 is 2.71 bits per heavy atom. The second-order valence-electron chi connectivity index (χ2n) is 7.43. The fourth-order valence-electron chi connectivity index (χ4n) is 3.27. The summed E-state index contributed by atoms with van der Waals surface area (Å²) in [6.45, 7) is 7.06. The Morgan fingerprint density at radius 1 is 1.36 bits per heavy atom. The number of benzene rings is 1. The van der Waals surface area contributed by atoms with Crippen molar-refractivity contribution in [3.63, 3.8) is 0 Å². The maximum Gasteiger partial charge on any atom is 0.416 e. The van der Waals surface area contributed by atoms with Crippen LogP contribution in [0.1, 0.15) is 43.7 Å². The molecule has 2 aromatic rings. The largest absolute Gasteiger partial charge is 0.441 e. The Bertz CT molecular complexity index is 845. The van der Waals surface area contributed by atoms with Gasteiger partial charge in [-0.25, -0.2) is 4.98 Å². The molecule has 1 atom stereocenters. The van der Waals surface area contributed by atoms with Crippen molar-refractivity contribution in [2.45, 2.75) is 58.4 Å². The highest BCUT2D eigenvalue weighted by atomic mass is 19.4. The number of nitrogens with one attached hydrogen (secondary N) is 1. The molecule has 1 aliphatic heterocycles. The highest BCUT2D eigenvalue weighted by molar-refractivity contribution is 5.78. The summed E-state index contributed by atoms with van der Waals surface area (Å²) in [5.41, 5.74) is 0.247. The minimum Gasteiger partial charge on any atom is -0.441 e. The average molecular weight is 395 g/mol. The van der Waals surface area contributed by atoms with Crippen LogP contribution in [0, 0.1) is 6.92 Å². The van der Waals surface area contributed by atoms with Crippen LogP contribution in [0.25, 0.3) is 11.5 Å². The van der Waals surface area contributed by atoms with E-state index in [1.165, 1.54) is 6.07 Å². The van der Waals surface area contributed by atoms with Crippen LogP contribution in [-0.4, -0.2) is 34.4 Å². The normalized spacial score (nSPS) is 17.6. The Hall–Kier alpha value is -2.35. The van der Waals surface area contributed by atoms with E-state index in [4.69, 9.17) is 4.42 Å². The summed E-state index contributed by atoms with van der Waals surface area (Å²) in [7, 11) is 0. The summed E-state index contributed by atoms with van der Waals surface area (Å²) in [4.78, 5) is 18.1. The molecule has 1 aliphatic rings. The van der Waals surface area contributed by atoms with Crippen LogP contribution < -0.4 is 5.32 Å². The first-order valence-corrected chi connectivity index (χ1v) is 9.31. The molecule has 1 amide bonds. The summed E-state index contributed by atoms with van der Waals surface area (Å²) < 4.78 is 44.5. The monoisotopic (exact) mass is 395 g/mol. The number of carbonyl (C=O) groups excluding carboxylic acids is 1. The van der Waals surface area contributed by atoms with Crippen molar-refractivity contribution in [3.8, 4) is 11.5 Å². The highest BCUT2D eigenvalue weighted by Gasteiger charge is 2.31. The van der Waals surface area contributed by atoms with E-state index in [9.17, 15) is 18.0 Å². The smallest absolute Gasteiger partial charge is 0.416 e. The molecule has 0 saturated carbocycles. The van der Waals surface area contributed by atoms with Crippen molar-refractivity contribution >= 4 is 5.91 Å². The number of amides is 1. The summed E-state index contributed by atoms with van der Waals surface area (Å²) in [6.07, 6.45) is -3.07. The fourth-order valence-corrected chi connectivity index (χ4v) is 3.27. The molecule has 1 aromatic heterocycles. The van der Waals surface area contributed by atoms with Gasteiger partial charge in [-0.1, -0.05) is 6.07 Å². The molecule has 0 radical (unpaired) electrons. The lowest BCUT2D eigenvalue weighted by molar-refractivity contribution is -0.137. The zero-order valence-corrected chi connectivity index (χ0v) is 16.1. The number of hydrogen-bond acceptors (Lipinski definition) is 4. The van der Waals surface area contributed by atoms with Gasteiger partial charge in [-0.15, -0.1) is 0 Å². The molecule has 1 saturated heterocycles. The van der Waals surface area contributed by atoms with E-state index in [2.05, 4.69) is 29.0 Å². The fraction of sp³-hybridized carbons (Fsp3) is 0.500. The Kier molecular flexibility index (Phi) is 5.79. The standard InChI is InChI=1S/C20H24F3N3O2/c1-12(2)26(10-16-7-8-18(27)24-16)11-17-13(3)28-19(25-17)14-5-4-6-15(9-14)20(21,22)23/h4-6,9,12,16H,7-8,10-11H2,1-3H3,(H,24,27)/t16-/m0/s1. The number of rotatable bonds is 6. The van der Waals surface area contributed by atoms with Gasteiger partial charge in [0.2, 0.25) is 11.8 Å². The quantitative estimate of drug-likeness (QED) is 0.798. The molecular formula is C20H24F3N3O2. The summed E-state index contributed by atoms with van der Waals surface area (Å²) in [5.74, 6) is 0.822. The van der Waals surface area contributed by atoms with Crippen molar-refractivity contribution in [3.05, 3.63) is 41.3 Å². The number of aryl methyl sites for hydroxylation is 1. The Labute approximate surface area is 161 Å². The Morgan fingerprint density at radius 2 is 2.11 bits per heavy atom.